The van der Waals surface area contributed by atoms with Crippen LogP contribution in [0.3, 0.4) is 0 Å². The van der Waals surface area contributed by atoms with Gasteiger partial charge in [0.15, 0.2) is 0 Å². The Labute approximate surface area is 153 Å². The molecule has 0 bridgehead atoms. The van der Waals surface area contributed by atoms with Gasteiger partial charge in [-0.05, 0) is 31.5 Å². The van der Waals surface area contributed by atoms with Crippen LogP contribution in [0.1, 0.15) is 11.1 Å². The number of hydrogen-bond donors (Lipinski definition) is 1. The van der Waals surface area contributed by atoms with Crippen LogP contribution in [0.15, 0.2) is 78.9 Å². The summed E-state index contributed by atoms with van der Waals surface area (Å²) in [7, 11) is 0. The average Bonchev–Trinajstić information content (AvgIpc) is 3.01. The number of aromatic nitrogens is 2. The second kappa shape index (κ2) is 6.52. The summed E-state index contributed by atoms with van der Waals surface area (Å²) in [6.45, 7) is 4.12. The van der Waals surface area contributed by atoms with Crippen molar-refractivity contribution in [2.75, 3.05) is 0 Å². The van der Waals surface area contributed by atoms with Gasteiger partial charge in [-0.1, -0.05) is 77.9 Å². The third-order valence-electron chi connectivity index (χ3n) is 4.53. The van der Waals surface area contributed by atoms with E-state index < -0.39 is 0 Å². The van der Waals surface area contributed by atoms with Crippen molar-refractivity contribution >= 4 is 0 Å². The zero-order valence-corrected chi connectivity index (χ0v) is 14.8. The first-order valence-electron chi connectivity index (χ1n) is 8.65. The number of hydrogen-bond acceptors (Lipinski definition) is 2. The van der Waals surface area contributed by atoms with Crippen molar-refractivity contribution in [3.63, 3.8) is 0 Å². The van der Waals surface area contributed by atoms with Gasteiger partial charge in [-0.3, -0.25) is 0 Å². The SMILES string of the molecule is Cc1ccc(-c2c(-c3ccccc3)c(O)nn2-c2ccc(C)cc2)cc1. The fourth-order valence-corrected chi connectivity index (χ4v) is 3.13. The van der Waals surface area contributed by atoms with Gasteiger partial charge in [0.1, 0.15) is 0 Å². The molecule has 0 aliphatic heterocycles. The molecular weight excluding hydrogens is 320 g/mol. The topological polar surface area (TPSA) is 38.1 Å². The molecule has 0 saturated carbocycles. The summed E-state index contributed by atoms with van der Waals surface area (Å²) < 4.78 is 1.82. The molecule has 1 heterocycles. The summed E-state index contributed by atoms with van der Waals surface area (Å²) >= 11 is 0. The maximum atomic E-state index is 10.7. The molecule has 0 aliphatic carbocycles. The van der Waals surface area contributed by atoms with Gasteiger partial charge in [0.25, 0.3) is 0 Å². The molecule has 26 heavy (non-hydrogen) atoms. The van der Waals surface area contributed by atoms with Gasteiger partial charge in [0.05, 0.1) is 16.9 Å². The molecule has 0 fully saturated rings. The molecule has 3 heteroatoms. The summed E-state index contributed by atoms with van der Waals surface area (Å²) in [6, 6.07) is 26.3. The average molecular weight is 340 g/mol. The molecule has 0 spiro atoms. The first kappa shape index (κ1) is 16.2. The molecule has 1 aromatic heterocycles. The lowest BCUT2D eigenvalue weighted by Gasteiger charge is -2.11. The number of nitrogens with zero attached hydrogens (tertiary/aromatic N) is 2. The Morgan fingerprint density at radius 2 is 1.27 bits per heavy atom. The zero-order valence-electron chi connectivity index (χ0n) is 14.8. The Bertz CT molecular complexity index is 1030. The first-order chi connectivity index (χ1) is 12.6. The van der Waals surface area contributed by atoms with E-state index in [1.807, 2.05) is 47.1 Å². The highest BCUT2D eigenvalue weighted by Gasteiger charge is 2.21. The van der Waals surface area contributed by atoms with Crippen molar-refractivity contribution in [2.45, 2.75) is 13.8 Å². The van der Waals surface area contributed by atoms with Gasteiger partial charge < -0.3 is 5.11 Å². The van der Waals surface area contributed by atoms with E-state index in [9.17, 15) is 5.11 Å². The van der Waals surface area contributed by atoms with E-state index in [4.69, 9.17) is 0 Å². The van der Waals surface area contributed by atoms with E-state index in [0.29, 0.717) is 0 Å². The Morgan fingerprint density at radius 3 is 1.88 bits per heavy atom. The van der Waals surface area contributed by atoms with Crippen LogP contribution in [0.4, 0.5) is 0 Å². The smallest absolute Gasteiger partial charge is 0.239 e. The van der Waals surface area contributed by atoms with Crippen LogP contribution >= 0.6 is 0 Å². The fraction of sp³-hybridized carbons (Fsp3) is 0.0870. The van der Waals surface area contributed by atoms with Gasteiger partial charge in [0, 0.05) is 5.56 Å². The third-order valence-corrected chi connectivity index (χ3v) is 4.53. The fourth-order valence-electron chi connectivity index (χ4n) is 3.13. The van der Waals surface area contributed by atoms with Crippen LogP contribution in [-0.2, 0) is 0 Å². The van der Waals surface area contributed by atoms with Crippen LogP contribution < -0.4 is 0 Å². The van der Waals surface area contributed by atoms with Crippen molar-refractivity contribution in [1.82, 2.24) is 9.78 Å². The number of benzene rings is 3. The van der Waals surface area contributed by atoms with Crippen LogP contribution in [-0.4, -0.2) is 14.9 Å². The number of aromatic hydroxyl groups is 1. The molecule has 1 N–H and O–H groups in total. The van der Waals surface area contributed by atoms with E-state index >= 15 is 0 Å². The largest absolute Gasteiger partial charge is 0.492 e. The van der Waals surface area contributed by atoms with Crippen LogP contribution in [0.2, 0.25) is 0 Å². The predicted octanol–water partition coefficient (Wildman–Crippen LogP) is 5.53. The highest BCUT2D eigenvalue weighted by molar-refractivity contribution is 5.85. The van der Waals surface area contributed by atoms with Gasteiger partial charge in [0.2, 0.25) is 5.88 Å². The van der Waals surface area contributed by atoms with Gasteiger partial charge in [-0.15, -0.1) is 5.10 Å². The normalized spacial score (nSPS) is 10.8. The first-order valence-corrected chi connectivity index (χ1v) is 8.65. The lowest BCUT2D eigenvalue weighted by molar-refractivity contribution is 0.449. The predicted molar refractivity (Wildman–Crippen MR) is 106 cm³/mol. The number of aryl methyl sites for hydroxylation is 2. The molecule has 0 aliphatic rings. The molecule has 0 unspecified atom stereocenters. The quantitative estimate of drug-likeness (QED) is 0.532. The summed E-state index contributed by atoms with van der Waals surface area (Å²) in [4.78, 5) is 0. The molecular formula is C23H20N2O. The lowest BCUT2D eigenvalue weighted by Crippen LogP contribution is -1.99. The van der Waals surface area contributed by atoms with E-state index in [2.05, 4.69) is 55.3 Å². The van der Waals surface area contributed by atoms with Gasteiger partial charge in [-0.25, -0.2) is 4.68 Å². The Morgan fingerprint density at radius 1 is 0.692 bits per heavy atom. The van der Waals surface area contributed by atoms with E-state index in [1.54, 1.807) is 0 Å². The second-order valence-electron chi connectivity index (χ2n) is 6.53. The Balaban J connectivity index is 2.00. The van der Waals surface area contributed by atoms with Gasteiger partial charge >= 0.3 is 0 Å². The van der Waals surface area contributed by atoms with E-state index in [0.717, 1.165) is 28.1 Å². The lowest BCUT2D eigenvalue weighted by atomic mass is 10.00. The molecule has 3 aromatic carbocycles. The summed E-state index contributed by atoms with van der Waals surface area (Å²) in [5.41, 5.74) is 6.89. The minimum atomic E-state index is 0.0346. The number of rotatable bonds is 3. The molecule has 4 aromatic rings. The van der Waals surface area contributed by atoms with Crippen molar-refractivity contribution in [3.8, 4) is 34.0 Å². The van der Waals surface area contributed by atoms with E-state index in [1.165, 1.54) is 11.1 Å². The van der Waals surface area contributed by atoms with Crippen molar-refractivity contribution < 1.29 is 5.11 Å². The molecule has 0 atom stereocenters. The van der Waals surface area contributed by atoms with Crippen LogP contribution in [0.5, 0.6) is 5.88 Å². The summed E-state index contributed by atoms with van der Waals surface area (Å²) in [5.74, 6) is 0.0346. The van der Waals surface area contributed by atoms with Crippen molar-refractivity contribution in [3.05, 3.63) is 90.0 Å². The summed E-state index contributed by atoms with van der Waals surface area (Å²) in [5, 5.41) is 15.1. The van der Waals surface area contributed by atoms with Gasteiger partial charge in [-0.2, -0.15) is 0 Å². The standard InChI is InChI=1S/C23H20N2O/c1-16-8-12-19(13-9-16)22-21(18-6-4-3-5-7-18)23(26)24-25(22)20-14-10-17(2)11-15-20/h3-15H,1-2H3,(H,24,26). The molecule has 0 radical (unpaired) electrons. The summed E-state index contributed by atoms with van der Waals surface area (Å²) in [6.07, 6.45) is 0. The Hall–Kier alpha value is -3.33. The molecule has 4 rings (SSSR count). The maximum Gasteiger partial charge on any atom is 0.239 e. The van der Waals surface area contributed by atoms with Crippen molar-refractivity contribution in [2.24, 2.45) is 0 Å². The Kier molecular flexibility index (Phi) is 4.05. The molecule has 0 saturated heterocycles. The molecule has 128 valence electrons. The second-order valence-corrected chi connectivity index (χ2v) is 6.53. The van der Waals surface area contributed by atoms with Crippen molar-refractivity contribution in [1.29, 1.82) is 0 Å². The van der Waals surface area contributed by atoms with Crippen LogP contribution in [0.25, 0.3) is 28.1 Å². The minimum absolute atomic E-state index is 0.0346. The molecule has 3 nitrogen and oxygen atoms in total. The monoisotopic (exact) mass is 340 g/mol. The third kappa shape index (κ3) is 2.88. The maximum absolute atomic E-state index is 10.7. The van der Waals surface area contributed by atoms with Crippen LogP contribution in [0, 0.1) is 13.8 Å². The molecule has 0 amide bonds. The highest BCUT2D eigenvalue weighted by atomic mass is 16.3. The minimum Gasteiger partial charge on any atom is -0.492 e. The van der Waals surface area contributed by atoms with E-state index in [-0.39, 0.29) is 5.88 Å². The highest BCUT2D eigenvalue weighted by Crippen LogP contribution is 2.40. The zero-order chi connectivity index (χ0) is 18.1.